The molecule has 10 nitrogen and oxygen atoms in total. The molecule has 0 atom stereocenters. The largest absolute Gasteiger partial charge is 0.466 e. The Balaban J connectivity index is 2.63. The standard InChI is InChI=1S/C19H31N3O7/c1-4-28-18(24)8-7-17(23)22(10-6-12-27-3)13-16-21-15(14-29-16)19(25)20-9-5-11-26-2/h14H,4-13H2,1-3H3,(H,20,25). The van der Waals surface area contributed by atoms with Crippen molar-refractivity contribution in [3.8, 4) is 0 Å². The molecule has 1 heterocycles. The lowest BCUT2D eigenvalue weighted by Gasteiger charge is -2.21. The van der Waals surface area contributed by atoms with E-state index in [9.17, 15) is 14.4 Å². The monoisotopic (exact) mass is 413 g/mol. The van der Waals surface area contributed by atoms with Crippen LogP contribution in [-0.4, -0.2) is 74.8 Å². The molecule has 0 aliphatic rings. The molecule has 1 aromatic heterocycles. The third kappa shape index (κ3) is 10.0. The molecule has 0 fully saturated rings. The van der Waals surface area contributed by atoms with Crippen LogP contribution in [0, 0.1) is 0 Å². The normalized spacial score (nSPS) is 10.6. The lowest BCUT2D eigenvalue weighted by molar-refractivity contribution is -0.145. The SMILES string of the molecule is CCOC(=O)CCC(=O)N(CCCOC)Cc1nc(C(=O)NCCCOC)co1. The van der Waals surface area contributed by atoms with E-state index in [0.717, 1.165) is 0 Å². The number of carbonyl (C=O) groups is 3. The molecule has 0 saturated heterocycles. The van der Waals surface area contributed by atoms with Gasteiger partial charge in [0, 0.05) is 46.9 Å². The topological polar surface area (TPSA) is 120 Å². The van der Waals surface area contributed by atoms with Crippen molar-refractivity contribution >= 4 is 17.8 Å². The molecule has 0 aromatic carbocycles. The molecule has 0 saturated carbocycles. The van der Waals surface area contributed by atoms with E-state index in [1.165, 1.54) is 11.2 Å². The van der Waals surface area contributed by atoms with E-state index in [4.69, 9.17) is 18.6 Å². The van der Waals surface area contributed by atoms with Crippen LogP contribution in [0.3, 0.4) is 0 Å². The fourth-order valence-electron chi connectivity index (χ4n) is 2.45. The first-order chi connectivity index (χ1) is 14.0. The summed E-state index contributed by atoms with van der Waals surface area (Å²) in [6.07, 6.45) is 2.61. The zero-order valence-electron chi connectivity index (χ0n) is 17.4. The second-order valence-corrected chi connectivity index (χ2v) is 6.20. The van der Waals surface area contributed by atoms with Gasteiger partial charge in [0.25, 0.3) is 5.91 Å². The lowest BCUT2D eigenvalue weighted by Crippen LogP contribution is -2.32. The fraction of sp³-hybridized carbons (Fsp3) is 0.684. The van der Waals surface area contributed by atoms with E-state index in [1.54, 1.807) is 21.1 Å². The summed E-state index contributed by atoms with van der Waals surface area (Å²) in [5.74, 6) is -0.746. The van der Waals surface area contributed by atoms with Crippen LogP contribution in [0.5, 0.6) is 0 Å². The van der Waals surface area contributed by atoms with E-state index in [2.05, 4.69) is 10.3 Å². The number of oxazole rings is 1. The predicted molar refractivity (Wildman–Crippen MR) is 103 cm³/mol. The number of esters is 1. The van der Waals surface area contributed by atoms with Gasteiger partial charge in [-0.25, -0.2) is 4.98 Å². The molecule has 0 aliphatic carbocycles. The average molecular weight is 413 g/mol. The van der Waals surface area contributed by atoms with Gasteiger partial charge in [-0.1, -0.05) is 0 Å². The van der Waals surface area contributed by atoms with Crippen molar-refractivity contribution in [2.45, 2.75) is 39.2 Å². The third-order valence-electron chi connectivity index (χ3n) is 3.90. The molecule has 164 valence electrons. The zero-order valence-corrected chi connectivity index (χ0v) is 17.4. The number of nitrogens with one attached hydrogen (secondary N) is 1. The Morgan fingerprint density at radius 3 is 2.55 bits per heavy atom. The summed E-state index contributed by atoms with van der Waals surface area (Å²) < 4.78 is 20.2. The van der Waals surface area contributed by atoms with Crippen LogP contribution in [0.15, 0.2) is 10.7 Å². The molecule has 29 heavy (non-hydrogen) atoms. The average Bonchev–Trinajstić information content (AvgIpc) is 3.17. The molecule has 0 bridgehead atoms. The molecule has 2 amide bonds. The molecular formula is C19H31N3O7. The Labute approximate surface area is 170 Å². The van der Waals surface area contributed by atoms with Gasteiger partial charge in [-0.15, -0.1) is 0 Å². The van der Waals surface area contributed by atoms with Crippen LogP contribution in [0.1, 0.15) is 49.0 Å². The highest BCUT2D eigenvalue weighted by Gasteiger charge is 2.19. The van der Waals surface area contributed by atoms with Gasteiger partial charge in [0.15, 0.2) is 5.69 Å². The van der Waals surface area contributed by atoms with Crippen molar-refractivity contribution in [1.82, 2.24) is 15.2 Å². The number of aromatic nitrogens is 1. The van der Waals surface area contributed by atoms with Gasteiger partial charge in [-0.3, -0.25) is 14.4 Å². The Morgan fingerprint density at radius 2 is 1.86 bits per heavy atom. The van der Waals surface area contributed by atoms with Gasteiger partial charge in [-0.2, -0.15) is 0 Å². The van der Waals surface area contributed by atoms with E-state index >= 15 is 0 Å². The minimum Gasteiger partial charge on any atom is -0.466 e. The first-order valence-corrected chi connectivity index (χ1v) is 9.65. The first kappa shape index (κ1) is 24.6. The summed E-state index contributed by atoms with van der Waals surface area (Å²) >= 11 is 0. The van der Waals surface area contributed by atoms with Crippen molar-refractivity contribution in [1.29, 1.82) is 0 Å². The van der Waals surface area contributed by atoms with Crippen LogP contribution in [0.2, 0.25) is 0 Å². The number of nitrogens with zero attached hydrogens (tertiary/aromatic N) is 2. The number of hydrogen-bond acceptors (Lipinski definition) is 8. The molecule has 0 unspecified atom stereocenters. The lowest BCUT2D eigenvalue weighted by atomic mass is 10.2. The van der Waals surface area contributed by atoms with Gasteiger partial charge in [0.05, 0.1) is 19.6 Å². The number of amides is 2. The summed E-state index contributed by atoms with van der Waals surface area (Å²) in [5.41, 5.74) is 0.147. The molecule has 0 aliphatic heterocycles. The summed E-state index contributed by atoms with van der Waals surface area (Å²) in [7, 11) is 3.18. The Bertz CT molecular complexity index is 633. The van der Waals surface area contributed by atoms with Gasteiger partial charge < -0.3 is 28.8 Å². The number of ether oxygens (including phenoxy) is 3. The van der Waals surface area contributed by atoms with Crippen molar-refractivity contribution < 1.29 is 33.0 Å². The molecule has 10 heteroatoms. The predicted octanol–water partition coefficient (Wildman–Crippen LogP) is 1.15. The summed E-state index contributed by atoms with van der Waals surface area (Å²) in [5, 5.41) is 2.72. The highest BCUT2D eigenvalue weighted by atomic mass is 16.5. The first-order valence-electron chi connectivity index (χ1n) is 9.65. The summed E-state index contributed by atoms with van der Waals surface area (Å²) in [4.78, 5) is 41.8. The van der Waals surface area contributed by atoms with Crippen LogP contribution >= 0.6 is 0 Å². The number of rotatable bonds is 15. The zero-order chi connectivity index (χ0) is 21.5. The molecule has 1 N–H and O–H groups in total. The maximum atomic E-state index is 12.5. The highest BCUT2D eigenvalue weighted by molar-refractivity contribution is 5.91. The van der Waals surface area contributed by atoms with E-state index < -0.39 is 5.97 Å². The summed E-state index contributed by atoms with van der Waals surface area (Å²) in [6.45, 7) is 4.00. The minimum absolute atomic E-state index is 0.00810. The van der Waals surface area contributed by atoms with Gasteiger partial charge >= 0.3 is 5.97 Å². The maximum absolute atomic E-state index is 12.5. The third-order valence-corrected chi connectivity index (χ3v) is 3.90. The van der Waals surface area contributed by atoms with E-state index in [-0.39, 0.29) is 49.4 Å². The molecule has 1 aromatic rings. The van der Waals surface area contributed by atoms with Gasteiger partial charge in [-0.05, 0) is 19.8 Å². The number of carbonyl (C=O) groups excluding carboxylic acids is 3. The van der Waals surface area contributed by atoms with Gasteiger partial charge in [0.1, 0.15) is 6.26 Å². The Kier molecular flexibility index (Phi) is 12.3. The highest BCUT2D eigenvalue weighted by Crippen LogP contribution is 2.10. The van der Waals surface area contributed by atoms with Crippen LogP contribution in [0.4, 0.5) is 0 Å². The molecule has 0 spiro atoms. The molecular weight excluding hydrogens is 382 g/mol. The van der Waals surface area contributed by atoms with Crippen LogP contribution < -0.4 is 5.32 Å². The quantitative estimate of drug-likeness (QED) is 0.336. The molecule has 0 radical (unpaired) electrons. The van der Waals surface area contributed by atoms with Crippen molar-refractivity contribution in [3.63, 3.8) is 0 Å². The Hall–Kier alpha value is -2.46. The molecule has 1 rings (SSSR count). The van der Waals surface area contributed by atoms with E-state index in [0.29, 0.717) is 39.1 Å². The van der Waals surface area contributed by atoms with Crippen molar-refractivity contribution in [3.05, 3.63) is 17.8 Å². The van der Waals surface area contributed by atoms with Crippen LogP contribution in [0.25, 0.3) is 0 Å². The van der Waals surface area contributed by atoms with Crippen molar-refractivity contribution in [2.75, 3.05) is 47.1 Å². The second-order valence-electron chi connectivity index (χ2n) is 6.20. The van der Waals surface area contributed by atoms with E-state index in [1.807, 2.05) is 0 Å². The smallest absolute Gasteiger partial charge is 0.306 e. The van der Waals surface area contributed by atoms with Crippen LogP contribution in [-0.2, 0) is 30.3 Å². The minimum atomic E-state index is -0.416. The number of methoxy groups -OCH3 is 2. The maximum Gasteiger partial charge on any atom is 0.306 e. The fourth-order valence-corrected chi connectivity index (χ4v) is 2.45. The Morgan fingerprint density at radius 1 is 1.14 bits per heavy atom. The number of hydrogen-bond donors (Lipinski definition) is 1. The second kappa shape index (κ2) is 14.5. The van der Waals surface area contributed by atoms with Gasteiger partial charge in [0.2, 0.25) is 11.8 Å². The van der Waals surface area contributed by atoms with Crippen molar-refractivity contribution in [2.24, 2.45) is 0 Å². The summed E-state index contributed by atoms with van der Waals surface area (Å²) in [6, 6.07) is 0.